The third-order valence-electron chi connectivity index (χ3n) is 4.56. The molecular formula is C20H15F3N5O5+. The van der Waals surface area contributed by atoms with Crippen molar-refractivity contribution in [1.29, 1.82) is 0 Å². The van der Waals surface area contributed by atoms with E-state index in [1.807, 2.05) is 24.3 Å². The minimum Gasteiger partial charge on any atom is -0.475 e. The largest absolute Gasteiger partial charge is 0.490 e. The minimum atomic E-state index is -5.08. The summed E-state index contributed by atoms with van der Waals surface area (Å²) in [5, 5.41) is 18.9. The molecule has 0 aliphatic carbocycles. The number of anilines is 1. The molecule has 4 aromatic rings. The highest BCUT2D eigenvalue weighted by atomic mass is 19.4. The topological polar surface area (TPSA) is 169 Å². The zero-order chi connectivity index (χ0) is 24.5. The number of pyridine rings is 1. The molecule has 0 spiro atoms. The molecule has 0 bridgehead atoms. The van der Waals surface area contributed by atoms with Gasteiger partial charge in [-0.1, -0.05) is 12.1 Å². The van der Waals surface area contributed by atoms with Crippen LogP contribution in [0.5, 0.6) is 0 Å². The van der Waals surface area contributed by atoms with E-state index in [-0.39, 0.29) is 17.1 Å². The van der Waals surface area contributed by atoms with Crippen LogP contribution in [0.3, 0.4) is 0 Å². The van der Waals surface area contributed by atoms with Gasteiger partial charge in [-0.15, -0.1) is 0 Å². The van der Waals surface area contributed by atoms with Crippen molar-refractivity contribution >= 4 is 45.3 Å². The zero-order valence-corrected chi connectivity index (χ0v) is 16.5. The highest BCUT2D eigenvalue weighted by Gasteiger charge is 2.38. The number of para-hydroxylation sites is 1. The fraction of sp³-hybridized carbons (Fsp3) is 0.0500. The number of nitrogens with one attached hydrogen (secondary N) is 1. The number of alkyl halides is 3. The van der Waals surface area contributed by atoms with E-state index in [0.717, 1.165) is 16.4 Å². The number of fused-ring (bicyclic) bond motifs is 3. The molecule has 2 aromatic heterocycles. The van der Waals surface area contributed by atoms with Gasteiger partial charge in [-0.25, -0.2) is 4.79 Å². The number of carboxylic acid groups (broad SMARTS) is 1. The van der Waals surface area contributed by atoms with E-state index in [4.69, 9.17) is 21.4 Å². The number of carboxylic acids is 1. The van der Waals surface area contributed by atoms with E-state index in [1.54, 1.807) is 22.8 Å². The number of hydrogen-bond acceptors (Lipinski definition) is 5. The molecule has 0 atom stereocenters. The van der Waals surface area contributed by atoms with Gasteiger partial charge in [0.2, 0.25) is 0 Å². The molecule has 0 unspecified atom stereocenters. The number of halogens is 3. The van der Waals surface area contributed by atoms with Crippen LogP contribution in [-0.2, 0) is 4.79 Å². The van der Waals surface area contributed by atoms with Gasteiger partial charge < -0.3 is 15.8 Å². The number of H-pyrrole nitrogens is 1. The van der Waals surface area contributed by atoms with Gasteiger partial charge in [0.1, 0.15) is 11.3 Å². The number of primary amides is 1. The summed E-state index contributed by atoms with van der Waals surface area (Å²) in [4.78, 5) is 34.4. The number of amides is 1. The van der Waals surface area contributed by atoms with Gasteiger partial charge in [-0.3, -0.25) is 20.6 Å². The van der Waals surface area contributed by atoms with Gasteiger partial charge in [-0.05, 0) is 30.3 Å². The summed E-state index contributed by atoms with van der Waals surface area (Å²) in [6.07, 6.45) is -5.08. The van der Waals surface area contributed by atoms with E-state index in [9.17, 15) is 28.1 Å². The quantitative estimate of drug-likeness (QED) is 0.207. The van der Waals surface area contributed by atoms with Crippen LogP contribution in [0.15, 0.2) is 54.6 Å². The molecule has 0 saturated heterocycles. The number of rotatable bonds is 3. The maximum atomic E-state index is 11.8. The number of benzene rings is 2. The van der Waals surface area contributed by atoms with Crippen LogP contribution in [0.4, 0.5) is 24.7 Å². The fourth-order valence-electron chi connectivity index (χ4n) is 3.14. The minimum absolute atomic E-state index is 0.0332. The Morgan fingerprint density at radius 2 is 1.64 bits per heavy atom. The first-order valence-electron chi connectivity index (χ1n) is 9.01. The monoisotopic (exact) mass is 462 g/mol. The molecule has 0 aliphatic heterocycles. The normalized spacial score (nSPS) is 11.1. The Hall–Kier alpha value is -4.68. The Bertz CT molecular complexity index is 1400. The molecule has 0 saturated carbocycles. The van der Waals surface area contributed by atoms with Crippen molar-refractivity contribution in [2.24, 2.45) is 5.73 Å². The number of carbonyl (C=O) groups excluding carboxylic acids is 1. The summed E-state index contributed by atoms with van der Waals surface area (Å²) in [5.74, 6) is -3.24. The Balaban J connectivity index is 0.000000383. The van der Waals surface area contributed by atoms with E-state index >= 15 is 0 Å². The van der Waals surface area contributed by atoms with E-state index in [1.165, 1.54) is 12.1 Å². The number of non-ortho nitro benzene ring substituents is 1. The Morgan fingerprint density at radius 1 is 1.06 bits per heavy atom. The lowest BCUT2D eigenvalue weighted by atomic mass is 10.1. The number of aliphatic carboxylic acids is 1. The van der Waals surface area contributed by atoms with Gasteiger partial charge in [-0.2, -0.15) is 17.7 Å². The second-order valence-electron chi connectivity index (χ2n) is 6.65. The Morgan fingerprint density at radius 3 is 2.15 bits per heavy atom. The third-order valence-corrected chi connectivity index (χ3v) is 4.56. The molecule has 1 amide bonds. The number of nitrogen functional groups attached to an aromatic ring is 1. The number of nitrogens with zero attached hydrogens (tertiary/aromatic N) is 2. The fourth-order valence-corrected chi connectivity index (χ4v) is 3.14. The van der Waals surface area contributed by atoms with Gasteiger partial charge in [0.05, 0.1) is 16.0 Å². The van der Waals surface area contributed by atoms with Crippen LogP contribution in [0.2, 0.25) is 0 Å². The lowest BCUT2D eigenvalue weighted by Gasteiger charge is -2.08. The van der Waals surface area contributed by atoms with Gasteiger partial charge in [0.25, 0.3) is 17.4 Å². The molecule has 0 radical (unpaired) electrons. The Labute approximate surface area is 182 Å². The number of carbonyl (C=O) groups is 2. The summed E-state index contributed by atoms with van der Waals surface area (Å²) < 4.78 is 33.4. The van der Waals surface area contributed by atoms with Gasteiger partial charge in [0, 0.05) is 17.5 Å². The summed E-state index contributed by atoms with van der Waals surface area (Å²) in [7, 11) is 0. The first-order valence-corrected chi connectivity index (χ1v) is 9.01. The Kier molecular flexibility index (Phi) is 5.89. The van der Waals surface area contributed by atoms with E-state index in [2.05, 4.69) is 4.98 Å². The summed E-state index contributed by atoms with van der Waals surface area (Å²) in [6, 6.07) is 15.2. The number of nitro groups is 1. The lowest BCUT2D eigenvalue weighted by Crippen LogP contribution is -2.37. The number of nitrogens with two attached hydrogens (primary N) is 2. The molecule has 33 heavy (non-hydrogen) atoms. The SMILES string of the molecule is NC(=O)c1cc2[nH]c3ccccc3c2[n+](-c2ccc([N+](=O)[O-])cc2)c1N.O=C(O)C(F)(F)F. The molecule has 13 heteroatoms. The maximum absolute atomic E-state index is 11.8. The molecule has 4 rings (SSSR count). The number of nitro benzene ring substituents is 1. The zero-order valence-electron chi connectivity index (χ0n) is 16.5. The molecule has 10 nitrogen and oxygen atoms in total. The van der Waals surface area contributed by atoms with Crippen molar-refractivity contribution in [3.63, 3.8) is 0 Å². The van der Waals surface area contributed by atoms with Crippen molar-refractivity contribution in [1.82, 2.24) is 4.98 Å². The molecule has 0 aliphatic rings. The van der Waals surface area contributed by atoms with E-state index < -0.39 is 23.0 Å². The molecule has 6 N–H and O–H groups in total. The molecule has 2 aromatic carbocycles. The molecule has 0 fully saturated rings. The first-order chi connectivity index (χ1) is 15.4. The highest BCUT2D eigenvalue weighted by molar-refractivity contribution is 6.06. The summed E-state index contributed by atoms with van der Waals surface area (Å²) in [6.45, 7) is 0. The van der Waals surface area contributed by atoms with Crippen LogP contribution in [0.25, 0.3) is 27.6 Å². The van der Waals surface area contributed by atoms with Crippen LogP contribution in [-0.4, -0.2) is 33.1 Å². The van der Waals surface area contributed by atoms with Crippen molar-refractivity contribution < 1.29 is 37.4 Å². The number of aromatic nitrogens is 2. The second kappa shape index (κ2) is 8.45. The summed E-state index contributed by atoms with van der Waals surface area (Å²) in [5.41, 5.74) is 14.8. The van der Waals surface area contributed by atoms with Crippen LogP contribution < -0.4 is 16.0 Å². The van der Waals surface area contributed by atoms with Crippen molar-refractivity contribution in [3.8, 4) is 5.69 Å². The highest BCUT2D eigenvalue weighted by Crippen LogP contribution is 2.27. The number of aromatic amines is 1. The van der Waals surface area contributed by atoms with Crippen LogP contribution in [0, 0.1) is 10.1 Å². The van der Waals surface area contributed by atoms with Crippen LogP contribution in [0.1, 0.15) is 10.4 Å². The molecular weight excluding hydrogens is 447 g/mol. The average molecular weight is 462 g/mol. The second-order valence-corrected chi connectivity index (χ2v) is 6.65. The molecule has 2 heterocycles. The van der Waals surface area contributed by atoms with Crippen molar-refractivity contribution in [2.45, 2.75) is 6.18 Å². The van der Waals surface area contributed by atoms with Gasteiger partial charge in [0.15, 0.2) is 5.52 Å². The van der Waals surface area contributed by atoms with Crippen molar-refractivity contribution in [2.75, 3.05) is 5.73 Å². The average Bonchev–Trinajstić information content (AvgIpc) is 3.11. The predicted octanol–water partition coefficient (Wildman–Crippen LogP) is 2.82. The van der Waals surface area contributed by atoms with Crippen LogP contribution >= 0.6 is 0 Å². The standard InChI is InChI=1S/C18H13N5O3.C2HF3O2/c19-17-13(18(20)24)9-15-16(12-3-1-2-4-14(12)21-15)22(17)10-5-7-11(8-6-10)23(25)26;3-2(4,5)1(6)7/h1-9H,(H4,19,20,21,24);(H,6,7)/p+1. The third kappa shape index (κ3) is 4.51. The van der Waals surface area contributed by atoms with Gasteiger partial charge >= 0.3 is 12.1 Å². The van der Waals surface area contributed by atoms with E-state index in [0.29, 0.717) is 11.2 Å². The maximum Gasteiger partial charge on any atom is 0.490 e. The van der Waals surface area contributed by atoms with Crippen molar-refractivity contribution in [3.05, 3.63) is 70.3 Å². The first kappa shape index (κ1) is 23.0. The molecule has 170 valence electrons. The lowest BCUT2D eigenvalue weighted by molar-refractivity contribution is -0.550. The smallest absolute Gasteiger partial charge is 0.475 e. The predicted molar refractivity (Wildman–Crippen MR) is 111 cm³/mol. The number of hydrogen-bond donors (Lipinski definition) is 4. The summed E-state index contributed by atoms with van der Waals surface area (Å²) >= 11 is 0.